The minimum absolute atomic E-state index is 0.0631. The Labute approximate surface area is 164 Å². The average molecular weight is 393 g/mol. The standard InChI is InChI=1S/C21H19N3O3S/c25-21(18-12-7-13-24-14-15-28(26,27)23-20(18)24)22-19(16-8-3-1-4-9-16)17-10-5-2-6-11-17/h1-13,19H,14-15H2,(H,22,25). The number of nitrogens with one attached hydrogen (secondary N) is 1. The third-order valence-corrected chi connectivity index (χ3v) is 5.79. The van der Waals surface area contributed by atoms with E-state index in [2.05, 4.69) is 9.71 Å². The predicted molar refractivity (Wildman–Crippen MR) is 108 cm³/mol. The lowest BCUT2D eigenvalue weighted by Crippen LogP contribution is -2.43. The molecule has 2 heterocycles. The van der Waals surface area contributed by atoms with E-state index in [1.165, 1.54) is 0 Å². The molecule has 28 heavy (non-hydrogen) atoms. The van der Waals surface area contributed by atoms with E-state index >= 15 is 0 Å². The summed E-state index contributed by atoms with van der Waals surface area (Å²) < 4.78 is 27.7. The quantitative estimate of drug-likeness (QED) is 0.865. The van der Waals surface area contributed by atoms with Crippen molar-refractivity contribution in [3.63, 3.8) is 0 Å². The van der Waals surface area contributed by atoms with Crippen LogP contribution in [0.5, 0.6) is 0 Å². The van der Waals surface area contributed by atoms with E-state index in [1.807, 2.05) is 60.7 Å². The molecule has 0 radical (unpaired) electrons. The smallest absolute Gasteiger partial charge is 0.256 e. The topological polar surface area (TPSA) is 78.8 Å². The van der Waals surface area contributed by atoms with Gasteiger partial charge in [0.05, 0.1) is 17.4 Å². The summed E-state index contributed by atoms with van der Waals surface area (Å²) in [5, 5.41) is 3.04. The molecule has 0 spiro atoms. The minimum Gasteiger partial charge on any atom is -0.341 e. The van der Waals surface area contributed by atoms with Gasteiger partial charge in [0.1, 0.15) is 0 Å². The predicted octanol–water partition coefficient (Wildman–Crippen LogP) is 2.39. The van der Waals surface area contributed by atoms with Crippen LogP contribution in [0.2, 0.25) is 0 Å². The van der Waals surface area contributed by atoms with E-state index < -0.39 is 10.0 Å². The van der Waals surface area contributed by atoms with E-state index in [1.54, 1.807) is 23.3 Å². The number of hydrogen-bond acceptors (Lipinski definition) is 4. The maximum absolute atomic E-state index is 13.1. The normalized spacial score (nSPS) is 17.5. The third-order valence-electron chi connectivity index (χ3n) is 4.64. The molecule has 2 aromatic carbocycles. The van der Waals surface area contributed by atoms with E-state index in [9.17, 15) is 13.2 Å². The maximum Gasteiger partial charge on any atom is 0.256 e. The fourth-order valence-corrected chi connectivity index (χ4v) is 4.24. The van der Waals surface area contributed by atoms with Crippen molar-refractivity contribution < 1.29 is 13.2 Å². The van der Waals surface area contributed by atoms with Crippen LogP contribution in [0.15, 0.2) is 89.0 Å². The van der Waals surface area contributed by atoms with Crippen LogP contribution in [0.3, 0.4) is 0 Å². The average Bonchev–Trinajstić information content (AvgIpc) is 2.72. The van der Waals surface area contributed by atoms with Gasteiger partial charge < -0.3 is 10.2 Å². The number of allylic oxidation sites excluding steroid dienone is 2. The first-order valence-electron chi connectivity index (χ1n) is 8.92. The third kappa shape index (κ3) is 3.75. The number of benzene rings is 2. The SMILES string of the molecule is O=C(NC(c1ccccc1)c1ccccc1)C1=CC=CN2CCS(=O)(=O)N=C12. The molecule has 142 valence electrons. The summed E-state index contributed by atoms with van der Waals surface area (Å²) in [6.45, 7) is 0.281. The Morgan fingerprint density at radius 3 is 2.21 bits per heavy atom. The van der Waals surface area contributed by atoms with Crippen LogP contribution in [0.1, 0.15) is 17.2 Å². The molecule has 2 aromatic rings. The summed E-state index contributed by atoms with van der Waals surface area (Å²) in [5.41, 5.74) is 2.11. The number of amidine groups is 1. The van der Waals surface area contributed by atoms with Gasteiger partial charge in [-0.25, -0.2) is 8.42 Å². The molecule has 0 bridgehead atoms. The Morgan fingerprint density at radius 1 is 1.00 bits per heavy atom. The molecular formula is C21H19N3O3S. The second-order valence-corrected chi connectivity index (χ2v) is 8.30. The summed E-state index contributed by atoms with van der Waals surface area (Å²) >= 11 is 0. The van der Waals surface area contributed by atoms with Crippen LogP contribution in [0.4, 0.5) is 0 Å². The van der Waals surface area contributed by atoms with Crippen molar-refractivity contribution in [1.82, 2.24) is 10.2 Å². The van der Waals surface area contributed by atoms with Gasteiger partial charge in [-0.15, -0.1) is 4.40 Å². The Bertz CT molecular complexity index is 1030. The highest BCUT2D eigenvalue weighted by Crippen LogP contribution is 2.24. The van der Waals surface area contributed by atoms with Gasteiger partial charge in [-0.05, 0) is 23.3 Å². The lowest BCUT2D eigenvalue weighted by molar-refractivity contribution is -0.117. The fourth-order valence-electron chi connectivity index (χ4n) is 3.25. The van der Waals surface area contributed by atoms with Crippen LogP contribution >= 0.6 is 0 Å². The van der Waals surface area contributed by atoms with Crippen LogP contribution in [-0.2, 0) is 14.8 Å². The second kappa shape index (κ2) is 7.44. The molecular weight excluding hydrogens is 374 g/mol. The van der Waals surface area contributed by atoms with Gasteiger partial charge >= 0.3 is 0 Å². The maximum atomic E-state index is 13.1. The molecule has 0 saturated heterocycles. The molecule has 1 amide bonds. The van der Waals surface area contributed by atoms with Gasteiger partial charge in [-0.1, -0.05) is 60.7 Å². The zero-order valence-electron chi connectivity index (χ0n) is 15.0. The van der Waals surface area contributed by atoms with Gasteiger partial charge in [0, 0.05) is 12.7 Å². The van der Waals surface area contributed by atoms with Crippen molar-refractivity contribution in [2.45, 2.75) is 6.04 Å². The number of amides is 1. The molecule has 0 atom stereocenters. The Morgan fingerprint density at radius 2 is 1.61 bits per heavy atom. The number of carbonyl (C=O) groups is 1. The van der Waals surface area contributed by atoms with Gasteiger partial charge in [-0.3, -0.25) is 4.79 Å². The largest absolute Gasteiger partial charge is 0.341 e. The van der Waals surface area contributed by atoms with Gasteiger partial charge in [0.25, 0.3) is 15.9 Å². The molecule has 0 fully saturated rings. The summed E-state index contributed by atoms with van der Waals surface area (Å²) in [4.78, 5) is 14.8. The summed E-state index contributed by atoms with van der Waals surface area (Å²) in [7, 11) is -3.56. The number of nitrogens with zero attached hydrogens (tertiary/aromatic N) is 2. The Kier molecular flexibility index (Phi) is 4.83. The Hall–Kier alpha value is -3.19. The molecule has 0 aliphatic carbocycles. The molecule has 1 N–H and O–H groups in total. The molecule has 0 aromatic heterocycles. The van der Waals surface area contributed by atoms with Crippen LogP contribution in [-0.4, -0.2) is 37.4 Å². The van der Waals surface area contributed by atoms with Crippen LogP contribution in [0.25, 0.3) is 0 Å². The second-order valence-electron chi connectivity index (χ2n) is 6.54. The fraction of sp³-hybridized carbons (Fsp3) is 0.143. The lowest BCUT2D eigenvalue weighted by Gasteiger charge is -2.29. The number of sulfonamides is 1. The van der Waals surface area contributed by atoms with Crippen molar-refractivity contribution in [3.8, 4) is 0 Å². The van der Waals surface area contributed by atoms with E-state index in [-0.39, 0.29) is 35.7 Å². The van der Waals surface area contributed by atoms with Crippen molar-refractivity contribution in [2.24, 2.45) is 4.40 Å². The number of hydrogen-bond donors (Lipinski definition) is 1. The van der Waals surface area contributed by atoms with Crippen LogP contribution < -0.4 is 5.32 Å². The molecule has 2 aliphatic rings. The van der Waals surface area contributed by atoms with Gasteiger partial charge in [0.2, 0.25) is 0 Å². The zero-order chi connectivity index (χ0) is 19.6. The van der Waals surface area contributed by atoms with E-state index in [0.717, 1.165) is 11.1 Å². The monoisotopic (exact) mass is 393 g/mol. The number of rotatable bonds is 4. The van der Waals surface area contributed by atoms with Crippen molar-refractivity contribution in [3.05, 3.63) is 95.7 Å². The van der Waals surface area contributed by atoms with E-state index in [0.29, 0.717) is 0 Å². The van der Waals surface area contributed by atoms with Crippen molar-refractivity contribution in [1.29, 1.82) is 0 Å². The molecule has 4 rings (SSSR count). The van der Waals surface area contributed by atoms with Crippen LogP contribution in [0, 0.1) is 0 Å². The highest BCUT2D eigenvalue weighted by molar-refractivity contribution is 7.90. The molecule has 0 unspecified atom stereocenters. The van der Waals surface area contributed by atoms with Crippen molar-refractivity contribution in [2.75, 3.05) is 12.3 Å². The van der Waals surface area contributed by atoms with Crippen molar-refractivity contribution >= 4 is 21.8 Å². The molecule has 7 heteroatoms. The molecule has 0 saturated carbocycles. The molecule has 2 aliphatic heterocycles. The Balaban J connectivity index is 1.68. The van der Waals surface area contributed by atoms with Gasteiger partial charge in [-0.2, -0.15) is 0 Å². The summed E-state index contributed by atoms with van der Waals surface area (Å²) in [6.07, 6.45) is 5.06. The highest BCUT2D eigenvalue weighted by atomic mass is 32.2. The lowest BCUT2D eigenvalue weighted by atomic mass is 9.98. The molecule has 6 nitrogen and oxygen atoms in total. The summed E-state index contributed by atoms with van der Waals surface area (Å²) in [6, 6.07) is 18.9. The number of carbonyl (C=O) groups excluding carboxylic acids is 1. The number of fused-ring (bicyclic) bond motifs is 1. The van der Waals surface area contributed by atoms with Gasteiger partial charge in [0.15, 0.2) is 5.84 Å². The minimum atomic E-state index is -3.56. The zero-order valence-corrected chi connectivity index (χ0v) is 15.8. The first kappa shape index (κ1) is 18.2. The van der Waals surface area contributed by atoms with E-state index in [4.69, 9.17) is 0 Å². The first-order valence-corrected chi connectivity index (χ1v) is 10.5. The first-order chi connectivity index (χ1) is 13.5. The highest BCUT2D eigenvalue weighted by Gasteiger charge is 2.31. The summed E-state index contributed by atoms with van der Waals surface area (Å²) in [5.74, 6) is -0.263.